The number of aliphatic hydroxyl groups is 1. The molecule has 1 aliphatic rings. The maximum atomic E-state index is 11.6. The molecule has 0 aliphatic heterocycles. The van der Waals surface area contributed by atoms with E-state index < -0.39 is 11.2 Å². The lowest BCUT2D eigenvalue weighted by molar-refractivity contribution is 0.0360. The number of hydrogen-bond acceptors (Lipinski definition) is 4. The molecule has 1 aliphatic carbocycles. The van der Waals surface area contributed by atoms with E-state index in [0.717, 1.165) is 25.7 Å². The number of amides is 1. The molecule has 3 N–H and O–H groups in total. The van der Waals surface area contributed by atoms with E-state index in [1.807, 2.05) is 27.7 Å². The molecule has 1 atom stereocenters. The highest BCUT2D eigenvalue weighted by molar-refractivity contribution is 5.68. The van der Waals surface area contributed by atoms with Gasteiger partial charge in [-0.3, -0.25) is 0 Å². The van der Waals surface area contributed by atoms with Crippen molar-refractivity contribution >= 4 is 6.09 Å². The predicted octanol–water partition coefficient (Wildman–Crippen LogP) is 2.18. The molecule has 1 unspecified atom stereocenters. The van der Waals surface area contributed by atoms with Gasteiger partial charge in [0, 0.05) is 18.6 Å². The molecule has 1 fully saturated rings. The first kappa shape index (κ1) is 17.2. The van der Waals surface area contributed by atoms with E-state index in [2.05, 4.69) is 17.6 Å². The van der Waals surface area contributed by atoms with Crippen molar-refractivity contribution < 1.29 is 14.6 Å². The van der Waals surface area contributed by atoms with Crippen molar-refractivity contribution in [2.45, 2.75) is 83.6 Å². The largest absolute Gasteiger partial charge is 0.444 e. The average Bonchev–Trinajstić information content (AvgIpc) is 2.18. The topological polar surface area (TPSA) is 70.6 Å². The van der Waals surface area contributed by atoms with Gasteiger partial charge in [-0.25, -0.2) is 4.79 Å². The van der Waals surface area contributed by atoms with Gasteiger partial charge in [-0.2, -0.15) is 0 Å². The molecule has 1 amide bonds. The lowest BCUT2D eigenvalue weighted by atomic mass is 9.86. The average molecular weight is 286 g/mol. The molecular weight excluding hydrogens is 256 g/mol. The van der Waals surface area contributed by atoms with Crippen molar-refractivity contribution in [3.8, 4) is 0 Å². The van der Waals surface area contributed by atoms with Crippen LogP contribution in [0.5, 0.6) is 0 Å². The summed E-state index contributed by atoms with van der Waals surface area (Å²) in [6.07, 6.45) is 3.20. The third kappa shape index (κ3) is 6.57. The van der Waals surface area contributed by atoms with E-state index in [0.29, 0.717) is 12.6 Å². The lowest BCUT2D eigenvalue weighted by Gasteiger charge is -2.38. The number of alkyl carbamates (subject to hydrolysis) is 1. The molecule has 0 aromatic rings. The molecular formula is C15H30N2O3. The minimum absolute atomic E-state index is 0.179. The number of nitrogens with one attached hydrogen (secondary N) is 2. The maximum absolute atomic E-state index is 11.6. The zero-order chi connectivity index (χ0) is 15.4. The molecule has 1 rings (SSSR count). The zero-order valence-electron chi connectivity index (χ0n) is 13.5. The Kier molecular flexibility index (Phi) is 5.83. The third-order valence-corrected chi connectivity index (χ3v) is 3.42. The van der Waals surface area contributed by atoms with Crippen LogP contribution in [0.1, 0.15) is 60.3 Å². The van der Waals surface area contributed by atoms with Gasteiger partial charge in [0.1, 0.15) is 5.60 Å². The van der Waals surface area contributed by atoms with Crippen LogP contribution < -0.4 is 10.6 Å². The lowest BCUT2D eigenvalue weighted by Crippen LogP contribution is -2.55. The van der Waals surface area contributed by atoms with Gasteiger partial charge in [0.2, 0.25) is 0 Å². The van der Waals surface area contributed by atoms with Crippen LogP contribution in [0.3, 0.4) is 0 Å². The van der Waals surface area contributed by atoms with Gasteiger partial charge in [-0.05, 0) is 47.0 Å². The summed E-state index contributed by atoms with van der Waals surface area (Å²) in [6.45, 7) is 10.1. The van der Waals surface area contributed by atoms with Crippen molar-refractivity contribution in [3.63, 3.8) is 0 Å². The molecule has 0 aromatic heterocycles. The molecule has 5 heteroatoms. The van der Waals surface area contributed by atoms with Gasteiger partial charge in [0.05, 0.1) is 5.60 Å². The molecule has 0 radical (unpaired) electrons. The molecule has 0 heterocycles. The molecule has 20 heavy (non-hydrogen) atoms. The van der Waals surface area contributed by atoms with Crippen LogP contribution in [-0.2, 0) is 4.74 Å². The Bertz CT molecular complexity index is 318. The highest BCUT2D eigenvalue weighted by Gasteiger charge is 2.32. The first-order chi connectivity index (χ1) is 9.11. The summed E-state index contributed by atoms with van der Waals surface area (Å²) >= 11 is 0. The second-order valence-electron chi connectivity index (χ2n) is 7.14. The quantitative estimate of drug-likeness (QED) is 0.700. The molecule has 118 valence electrons. The summed E-state index contributed by atoms with van der Waals surface area (Å²) in [5.41, 5.74) is -1.09. The fourth-order valence-corrected chi connectivity index (χ4v) is 2.37. The Morgan fingerprint density at radius 3 is 2.35 bits per heavy atom. The number of rotatable bonds is 6. The Balaban J connectivity index is 2.16. The molecule has 0 saturated heterocycles. The van der Waals surface area contributed by atoms with Crippen molar-refractivity contribution in [2.24, 2.45) is 0 Å². The van der Waals surface area contributed by atoms with Crippen molar-refractivity contribution in [2.75, 3.05) is 6.54 Å². The van der Waals surface area contributed by atoms with Gasteiger partial charge in [0.25, 0.3) is 0 Å². The Morgan fingerprint density at radius 1 is 1.25 bits per heavy atom. The summed E-state index contributed by atoms with van der Waals surface area (Å²) in [7, 11) is 0. The van der Waals surface area contributed by atoms with Crippen molar-refractivity contribution in [1.82, 2.24) is 10.6 Å². The van der Waals surface area contributed by atoms with Gasteiger partial charge < -0.3 is 20.5 Å². The third-order valence-electron chi connectivity index (χ3n) is 3.42. The first-order valence-electron chi connectivity index (χ1n) is 7.56. The highest BCUT2D eigenvalue weighted by Crippen LogP contribution is 2.22. The van der Waals surface area contributed by atoms with E-state index >= 15 is 0 Å². The van der Waals surface area contributed by atoms with Gasteiger partial charge in [-0.15, -0.1) is 0 Å². The van der Waals surface area contributed by atoms with Crippen LogP contribution in [0.15, 0.2) is 0 Å². The Labute approximate surface area is 122 Å². The smallest absolute Gasteiger partial charge is 0.407 e. The van der Waals surface area contributed by atoms with E-state index in [4.69, 9.17) is 4.74 Å². The van der Waals surface area contributed by atoms with Crippen LogP contribution in [0.4, 0.5) is 4.79 Å². The molecule has 0 aromatic carbocycles. The van der Waals surface area contributed by atoms with Crippen molar-refractivity contribution in [1.29, 1.82) is 0 Å². The highest BCUT2D eigenvalue weighted by atomic mass is 16.6. The summed E-state index contributed by atoms with van der Waals surface area (Å²) in [4.78, 5) is 11.6. The van der Waals surface area contributed by atoms with Crippen LogP contribution in [0, 0.1) is 0 Å². The van der Waals surface area contributed by atoms with E-state index in [9.17, 15) is 9.90 Å². The van der Waals surface area contributed by atoms with Gasteiger partial charge in [-0.1, -0.05) is 13.3 Å². The molecule has 0 spiro atoms. The van der Waals surface area contributed by atoms with E-state index in [-0.39, 0.29) is 12.1 Å². The van der Waals surface area contributed by atoms with Crippen LogP contribution >= 0.6 is 0 Å². The monoisotopic (exact) mass is 286 g/mol. The minimum Gasteiger partial charge on any atom is -0.444 e. The Morgan fingerprint density at radius 2 is 1.85 bits per heavy atom. The number of hydrogen-bond donors (Lipinski definition) is 3. The first-order valence-corrected chi connectivity index (χ1v) is 7.56. The number of carbonyl (C=O) groups excluding carboxylic acids is 1. The summed E-state index contributed by atoms with van der Waals surface area (Å²) < 4.78 is 5.22. The number of ether oxygens (including phenoxy) is 1. The molecule has 5 nitrogen and oxygen atoms in total. The van der Waals surface area contributed by atoms with Crippen LogP contribution in [-0.4, -0.2) is 41.0 Å². The SMILES string of the molecule is CCCC(C)(O)CNC1CC(NC(=O)OC(C)(C)C)C1. The van der Waals surface area contributed by atoms with Crippen LogP contribution in [0.2, 0.25) is 0 Å². The fraction of sp³-hybridized carbons (Fsp3) is 0.933. The maximum Gasteiger partial charge on any atom is 0.407 e. The zero-order valence-corrected chi connectivity index (χ0v) is 13.5. The second kappa shape index (κ2) is 6.76. The second-order valence-corrected chi connectivity index (χ2v) is 7.14. The standard InChI is InChI=1S/C15H30N2O3/c1-6-7-15(5,19)10-16-11-8-12(9-11)17-13(18)20-14(2,3)4/h11-12,16,19H,6-10H2,1-5H3,(H,17,18). The minimum atomic E-state index is -0.640. The molecule has 1 saturated carbocycles. The van der Waals surface area contributed by atoms with Crippen LogP contribution in [0.25, 0.3) is 0 Å². The summed E-state index contributed by atoms with van der Waals surface area (Å²) in [6, 6.07) is 0.553. The molecule has 0 bridgehead atoms. The normalized spacial score (nSPS) is 25.5. The Hall–Kier alpha value is -0.810. The number of carbonyl (C=O) groups is 1. The summed E-state index contributed by atoms with van der Waals surface area (Å²) in [5.74, 6) is 0. The van der Waals surface area contributed by atoms with E-state index in [1.54, 1.807) is 0 Å². The van der Waals surface area contributed by atoms with Gasteiger partial charge in [0.15, 0.2) is 0 Å². The van der Waals surface area contributed by atoms with Gasteiger partial charge >= 0.3 is 6.09 Å². The fourth-order valence-electron chi connectivity index (χ4n) is 2.37. The van der Waals surface area contributed by atoms with Crippen molar-refractivity contribution in [3.05, 3.63) is 0 Å². The predicted molar refractivity (Wildman–Crippen MR) is 79.7 cm³/mol. The summed E-state index contributed by atoms with van der Waals surface area (Å²) in [5, 5.41) is 16.3. The van der Waals surface area contributed by atoms with E-state index in [1.165, 1.54) is 0 Å².